The van der Waals surface area contributed by atoms with Gasteiger partial charge in [0.15, 0.2) is 0 Å². The Hall–Kier alpha value is -4.57. The molecule has 0 radical (unpaired) electrons. The molecule has 1 amide bonds. The molecule has 4 aromatic rings. The van der Waals surface area contributed by atoms with Crippen LogP contribution in [0.15, 0.2) is 72.9 Å². The monoisotopic (exact) mass is 506 g/mol. The van der Waals surface area contributed by atoms with E-state index in [1.165, 1.54) is 7.11 Å². The SMILES string of the molecule is COC(=O)N1C(C)CN(c2ccc(-c3cnc4c(-c5ccc(C#N)cc5)cccc4c3OC)cc2)C[C@H]1C. The summed E-state index contributed by atoms with van der Waals surface area (Å²) in [4.78, 5) is 21.1. The number of rotatable bonds is 4. The number of piperazine rings is 1. The molecule has 0 bridgehead atoms. The highest BCUT2D eigenvalue weighted by atomic mass is 16.5. The number of carbonyl (C=O) groups excluding carboxylic acids is 1. The highest BCUT2D eigenvalue weighted by Crippen LogP contribution is 2.39. The average molecular weight is 507 g/mol. The molecule has 7 heteroatoms. The minimum absolute atomic E-state index is 0.0426. The van der Waals surface area contributed by atoms with Gasteiger partial charge in [-0.3, -0.25) is 9.88 Å². The highest BCUT2D eigenvalue weighted by molar-refractivity contribution is 6.00. The van der Waals surface area contributed by atoms with Crippen LogP contribution in [-0.4, -0.2) is 55.4 Å². The predicted molar refractivity (Wildman–Crippen MR) is 149 cm³/mol. The van der Waals surface area contributed by atoms with Gasteiger partial charge in [0.1, 0.15) is 5.75 Å². The standard InChI is InChI=1S/C31H30N4O3/c1-20-18-34(19-21(2)35(20)31(36)38-4)25-14-12-24(13-15-25)28-17-33-29-26(6-5-7-27(29)30(28)37-3)23-10-8-22(16-32)9-11-23/h5-15,17,20-21H,18-19H2,1-4H3/t20-,21?/m1/s1. The molecular formula is C31H30N4O3. The number of benzene rings is 3. The third-order valence-electron chi connectivity index (χ3n) is 7.23. The number of nitrogens with zero attached hydrogens (tertiary/aromatic N) is 4. The lowest BCUT2D eigenvalue weighted by atomic mass is 9.98. The number of nitriles is 1. The molecule has 1 aliphatic rings. The number of pyridine rings is 1. The zero-order chi connectivity index (χ0) is 26.8. The molecule has 1 unspecified atom stereocenters. The molecule has 1 aromatic heterocycles. The van der Waals surface area contributed by atoms with Gasteiger partial charge < -0.3 is 14.4 Å². The Morgan fingerprint density at radius 3 is 2.16 bits per heavy atom. The van der Waals surface area contributed by atoms with Crippen molar-refractivity contribution in [1.29, 1.82) is 5.26 Å². The van der Waals surface area contributed by atoms with Gasteiger partial charge in [-0.2, -0.15) is 5.26 Å². The number of carbonyl (C=O) groups is 1. The van der Waals surface area contributed by atoms with E-state index in [1.807, 2.05) is 67.4 Å². The number of ether oxygens (including phenoxy) is 2. The van der Waals surface area contributed by atoms with Crippen molar-refractivity contribution in [3.63, 3.8) is 0 Å². The molecule has 0 spiro atoms. The molecular weight excluding hydrogens is 476 g/mol. The maximum atomic E-state index is 12.2. The summed E-state index contributed by atoms with van der Waals surface area (Å²) in [5.74, 6) is 0.771. The molecule has 5 rings (SSSR count). The Labute approximate surface area is 222 Å². The fourth-order valence-corrected chi connectivity index (χ4v) is 5.43. The second kappa shape index (κ2) is 10.4. The van der Waals surface area contributed by atoms with Crippen molar-refractivity contribution in [2.75, 3.05) is 32.2 Å². The van der Waals surface area contributed by atoms with Gasteiger partial charge in [-0.1, -0.05) is 36.4 Å². The van der Waals surface area contributed by atoms with Crippen molar-refractivity contribution in [2.45, 2.75) is 25.9 Å². The van der Waals surface area contributed by atoms with Gasteiger partial charge in [0.25, 0.3) is 0 Å². The number of aromatic nitrogens is 1. The van der Waals surface area contributed by atoms with Crippen LogP contribution in [0.4, 0.5) is 10.5 Å². The van der Waals surface area contributed by atoms with E-state index in [0.29, 0.717) is 5.56 Å². The van der Waals surface area contributed by atoms with Gasteiger partial charge in [-0.05, 0) is 55.3 Å². The fraction of sp³-hybridized carbons (Fsp3) is 0.258. The first-order valence-electron chi connectivity index (χ1n) is 12.6. The first-order chi connectivity index (χ1) is 18.4. The molecule has 0 aliphatic carbocycles. The first kappa shape index (κ1) is 25.1. The summed E-state index contributed by atoms with van der Waals surface area (Å²) in [6, 6.07) is 24.2. The van der Waals surface area contributed by atoms with Gasteiger partial charge in [0.2, 0.25) is 0 Å². The van der Waals surface area contributed by atoms with Gasteiger partial charge in [-0.25, -0.2) is 4.79 Å². The zero-order valence-corrected chi connectivity index (χ0v) is 22.0. The lowest BCUT2D eigenvalue weighted by Crippen LogP contribution is -2.58. The maximum absolute atomic E-state index is 12.2. The van der Waals surface area contributed by atoms with Gasteiger partial charge in [0.05, 0.1) is 43.5 Å². The van der Waals surface area contributed by atoms with Crippen LogP contribution >= 0.6 is 0 Å². The van der Waals surface area contributed by atoms with E-state index in [0.717, 1.165) is 57.7 Å². The number of methoxy groups -OCH3 is 2. The van der Waals surface area contributed by atoms with E-state index in [9.17, 15) is 4.79 Å². The molecule has 2 atom stereocenters. The molecule has 3 aromatic carbocycles. The summed E-state index contributed by atoms with van der Waals surface area (Å²) in [5.41, 5.74) is 6.49. The van der Waals surface area contributed by atoms with E-state index >= 15 is 0 Å². The molecule has 0 saturated carbocycles. The van der Waals surface area contributed by atoms with Crippen LogP contribution in [0.2, 0.25) is 0 Å². The van der Waals surface area contributed by atoms with Crippen LogP contribution in [0, 0.1) is 11.3 Å². The predicted octanol–water partition coefficient (Wildman–Crippen LogP) is 6.11. The third-order valence-corrected chi connectivity index (χ3v) is 7.23. The van der Waals surface area contributed by atoms with Gasteiger partial charge >= 0.3 is 6.09 Å². The average Bonchev–Trinajstić information content (AvgIpc) is 2.95. The summed E-state index contributed by atoms with van der Waals surface area (Å²) in [6.07, 6.45) is 1.58. The van der Waals surface area contributed by atoms with E-state index in [4.69, 9.17) is 19.7 Å². The maximum Gasteiger partial charge on any atom is 0.410 e. The quantitative estimate of drug-likeness (QED) is 0.332. The molecule has 192 valence electrons. The molecule has 7 nitrogen and oxygen atoms in total. The summed E-state index contributed by atoms with van der Waals surface area (Å²) in [5, 5.41) is 10.1. The normalized spacial score (nSPS) is 17.2. The topological polar surface area (TPSA) is 78.7 Å². The third kappa shape index (κ3) is 4.50. The number of fused-ring (bicyclic) bond motifs is 1. The molecule has 0 N–H and O–H groups in total. The van der Waals surface area contributed by atoms with Crippen LogP contribution in [0.25, 0.3) is 33.2 Å². The van der Waals surface area contributed by atoms with Crippen LogP contribution in [0.5, 0.6) is 5.75 Å². The number of hydrogen-bond donors (Lipinski definition) is 0. The van der Waals surface area contributed by atoms with Crippen molar-refractivity contribution in [1.82, 2.24) is 9.88 Å². The van der Waals surface area contributed by atoms with Crippen LogP contribution in [0.1, 0.15) is 19.4 Å². The molecule has 1 saturated heterocycles. The van der Waals surface area contributed by atoms with E-state index < -0.39 is 0 Å². The minimum atomic E-state index is -0.279. The van der Waals surface area contributed by atoms with E-state index in [1.54, 1.807) is 7.11 Å². The van der Waals surface area contributed by atoms with Crippen LogP contribution < -0.4 is 9.64 Å². The number of hydrogen-bond acceptors (Lipinski definition) is 6. The van der Waals surface area contributed by atoms with Crippen molar-refractivity contribution in [2.24, 2.45) is 0 Å². The Morgan fingerprint density at radius 2 is 1.55 bits per heavy atom. The van der Waals surface area contributed by atoms with Crippen molar-refractivity contribution < 1.29 is 14.3 Å². The molecule has 38 heavy (non-hydrogen) atoms. The zero-order valence-electron chi connectivity index (χ0n) is 22.0. The lowest BCUT2D eigenvalue weighted by molar-refractivity contribution is 0.0820. The fourth-order valence-electron chi connectivity index (χ4n) is 5.43. The molecule has 1 fully saturated rings. The number of amides is 1. The molecule has 2 heterocycles. The second-order valence-electron chi connectivity index (χ2n) is 9.62. The highest BCUT2D eigenvalue weighted by Gasteiger charge is 2.33. The van der Waals surface area contributed by atoms with E-state index in [2.05, 4.69) is 35.2 Å². The minimum Gasteiger partial charge on any atom is -0.495 e. The molecule has 1 aliphatic heterocycles. The Balaban J connectivity index is 1.45. The van der Waals surface area contributed by atoms with Gasteiger partial charge in [0, 0.05) is 41.5 Å². The Kier molecular flexibility index (Phi) is 6.89. The summed E-state index contributed by atoms with van der Waals surface area (Å²) >= 11 is 0. The van der Waals surface area contributed by atoms with Crippen molar-refractivity contribution in [3.8, 4) is 34.1 Å². The Morgan fingerprint density at radius 1 is 0.921 bits per heavy atom. The van der Waals surface area contributed by atoms with Crippen LogP contribution in [0.3, 0.4) is 0 Å². The van der Waals surface area contributed by atoms with Gasteiger partial charge in [-0.15, -0.1) is 0 Å². The second-order valence-corrected chi connectivity index (χ2v) is 9.62. The lowest BCUT2D eigenvalue weighted by Gasteiger charge is -2.44. The first-order valence-corrected chi connectivity index (χ1v) is 12.6. The largest absolute Gasteiger partial charge is 0.495 e. The Bertz CT molecular complexity index is 1500. The summed E-state index contributed by atoms with van der Waals surface area (Å²) in [6.45, 7) is 5.56. The van der Waals surface area contributed by atoms with Crippen molar-refractivity contribution in [3.05, 3.63) is 78.5 Å². The van der Waals surface area contributed by atoms with E-state index in [-0.39, 0.29) is 18.2 Å². The smallest absolute Gasteiger partial charge is 0.410 e. The summed E-state index contributed by atoms with van der Waals surface area (Å²) < 4.78 is 10.9. The summed E-state index contributed by atoms with van der Waals surface area (Å²) in [7, 11) is 3.11. The number of para-hydroxylation sites is 1. The van der Waals surface area contributed by atoms with Crippen LogP contribution in [-0.2, 0) is 4.74 Å². The van der Waals surface area contributed by atoms with Crippen molar-refractivity contribution >= 4 is 22.7 Å². The number of anilines is 1.